The number of allylic oxidation sites excluding steroid dienone is 1. The van der Waals surface area contributed by atoms with Crippen molar-refractivity contribution in [2.24, 2.45) is 0 Å². The number of hydrogen-bond donors (Lipinski definition) is 2. The maximum atomic E-state index is 8.92. The molecule has 0 saturated carbocycles. The third-order valence-electron chi connectivity index (χ3n) is 2.17. The van der Waals surface area contributed by atoms with Gasteiger partial charge in [0.2, 0.25) is 0 Å². The number of rotatable bonds is 3. The summed E-state index contributed by atoms with van der Waals surface area (Å²) in [5, 5.41) is 12.1. The Labute approximate surface area is 73.3 Å². The molecule has 0 aliphatic carbocycles. The summed E-state index contributed by atoms with van der Waals surface area (Å²) in [6.07, 6.45) is 4.54. The van der Waals surface area contributed by atoms with Crippen molar-refractivity contribution in [3.05, 3.63) is 36.5 Å². The van der Waals surface area contributed by atoms with Crippen molar-refractivity contribution in [1.29, 1.82) is 0 Å². The Morgan fingerprint density at radius 1 is 1.42 bits per heavy atom. The highest BCUT2D eigenvalue weighted by atomic mass is 16.3. The SMILES string of the molecule is C=CC1=C(C=C)CC(CO)NC1. The van der Waals surface area contributed by atoms with E-state index in [2.05, 4.69) is 18.5 Å². The minimum absolute atomic E-state index is 0.182. The second-order valence-corrected chi connectivity index (χ2v) is 2.92. The zero-order valence-corrected chi connectivity index (χ0v) is 7.21. The van der Waals surface area contributed by atoms with E-state index in [9.17, 15) is 0 Å². The van der Waals surface area contributed by atoms with Gasteiger partial charge in [0, 0.05) is 12.6 Å². The molecule has 2 N–H and O–H groups in total. The van der Waals surface area contributed by atoms with Crippen LogP contribution >= 0.6 is 0 Å². The fraction of sp³-hybridized carbons (Fsp3) is 0.400. The summed E-state index contributed by atoms with van der Waals surface area (Å²) < 4.78 is 0. The van der Waals surface area contributed by atoms with Crippen LogP contribution in [-0.4, -0.2) is 24.3 Å². The van der Waals surface area contributed by atoms with Gasteiger partial charge in [-0.15, -0.1) is 0 Å². The molecule has 0 aromatic carbocycles. The zero-order valence-electron chi connectivity index (χ0n) is 7.21. The average molecular weight is 165 g/mol. The first kappa shape index (κ1) is 9.23. The lowest BCUT2D eigenvalue weighted by Gasteiger charge is -2.24. The van der Waals surface area contributed by atoms with Crippen LogP contribution in [0.3, 0.4) is 0 Å². The van der Waals surface area contributed by atoms with Gasteiger partial charge < -0.3 is 10.4 Å². The van der Waals surface area contributed by atoms with Crippen LogP contribution in [0.2, 0.25) is 0 Å². The Balaban J connectivity index is 2.76. The van der Waals surface area contributed by atoms with Crippen molar-refractivity contribution in [2.45, 2.75) is 12.5 Å². The van der Waals surface area contributed by atoms with Crippen LogP contribution in [0.5, 0.6) is 0 Å². The van der Waals surface area contributed by atoms with Crippen LogP contribution in [0.1, 0.15) is 6.42 Å². The zero-order chi connectivity index (χ0) is 8.97. The van der Waals surface area contributed by atoms with Gasteiger partial charge in [0.05, 0.1) is 6.61 Å². The van der Waals surface area contributed by atoms with E-state index in [1.165, 1.54) is 11.1 Å². The van der Waals surface area contributed by atoms with Crippen molar-refractivity contribution in [2.75, 3.05) is 13.2 Å². The van der Waals surface area contributed by atoms with E-state index in [0.717, 1.165) is 13.0 Å². The molecule has 0 aromatic heterocycles. The summed E-state index contributed by atoms with van der Waals surface area (Å²) in [7, 11) is 0. The predicted octanol–water partition coefficient (Wildman–Crippen LogP) is 1.01. The minimum atomic E-state index is 0.182. The van der Waals surface area contributed by atoms with Crippen molar-refractivity contribution in [3.63, 3.8) is 0 Å². The van der Waals surface area contributed by atoms with Crippen LogP contribution in [0.15, 0.2) is 36.5 Å². The first-order valence-corrected chi connectivity index (χ1v) is 4.13. The largest absolute Gasteiger partial charge is 0.395 e. The number of aliphatic hydroxyl groups excluding tert-OH is 1. The van der Waals surface area contributed by atoms with Gasteiger partial charge in [-0.2, -0.15) is 0 Å². The van der Waals surface area contributed by atoms with Crippen molar-refractivity contribution < 1.29 is 5.11 Å². The Kier molecular flexibility index (Phi) is 3.26. The minimum Gasteiger partial charge on any atom is -0.395 e. The lowest BCUT2D eigenvalue weighted by molar-refractivity contribution is 0.241. The molecule has 1 atom stereocenters. The van der Waals surface area contributed by atoms with Gasteiger partial charge in [-0.3, -0.25) is 0 Å². The third-order valence-corrected chi connectivity index (χ3v) is 2.17. The predicted molar refractivity (Wildman–Crippen MR) is 50.9 cm³/mol. The second-order valence-electron chi connectivity index (χ2n) is 2.92. The molecule has 0 saturated heterocycles. The third kappa shape index (κ3) is 1.84. The molecule has 1 aliphatic heterocycles. The highest BCUT2D eigenvalue weighted by Gasteiger charge is 2.15. The Morgan fingerprint density at radius 2 is 2.08 bits per heavy atom. The van der Waals surface area contributed by atoms with Gasteiger partial charge in [-0.25, -0.2) is 0 Å². The van der Waals surface area contributed by atoms with Crippen molar-refractivity contribution in [3.8, 4) is 0 Å². The van der Waals surface area contributed by atoms with Gasteiger partial charge >= 0.3 is 0 Å². The number of hydrogen-bond acceptors (Lipinski definition) is 2. The standard InChI is InChI=1S/C10H15NO/c1-3-8-5-10(7-12)11-6-9(8)4-2/h3-4,10-12H,1-2,5-7H2. The Morgan fingerprint density at radius 3 is 2.58 bits per heavy atom. The van der Waals surface area contributed by atoms with E-state index in [1.54, 1.807) is 0 Å². The van der Waals surface area contributed by atoms with Crippen LogP contribution in [-0.2, 0) is 0 Å². The van der Waals surface area contributed by atoms with E-state index < -0.39 is 0 Å². The highest BCUT2D eigenvalue weighted by molar-refractivity contribution is 5.35. The molecular formula is C10H15NO. The van der Waals surface area contributed by atoms with Crippen molar-refractivity contribution >= 4 is 0 Å². The second kappa shape index (κ2) is 4.24. The molecule has 1 rings (SSSR count). The molecule has 2 nitrogen and oxygen atoms in total. The molecule has 1 heterocycles. The fourth-order valence-corrected chi connectivity index (χ4v) is 1.38. The summed E-state index contributed by atoms with van der Waals surface area (Å²) in [4.78, 5) is 0. The maximum absolute atomic E-state index is 8.92. The van der Waals surface area contributed by atoms with Gasteiger partial charge in [-0.05, 0) is 17.6 Å². The van der Waals surface area contributed by atoms with Crippen molar-refractivity contribution in [1.82, 2.24) is 5.32 Å². The first-order chi connectivity index (χ1) is 5.81. The van der Waals surface area contributed by atoms with Gasteiger partial charge in [-0.1, -0.05) is 25.3 Å². The molecule has 0 bridgehead atoms. The highest BCUT2D eigenvalue weighted by Crippen LogP contribution is 2.17. The van der Waals surface area contributed by atoms with E-state index >= 15 is 0 Å². The van der Waals surface area contributed by atoms with E-state index in [4.69, 9.17) is 5.11 Å². The lowest BCUT2D eigenvalue weighted by Crippen LogP contribution is -2.37. The number of nitrogens with one attached hydrogen (secondary N) is 1. The Hall–Kier alpha value is -0.860. The monoisotopic (exact) mass is 165 g/mol. The van der Waals surface area contributed by atoms with E-state index in [0.29, 0.717) is 0 Å². The normalized spacial score (nSPS) is 23.9. The smallest absolute Gasteiger partial charge is 0.0587 e. The van der Waals surface area contributed by atoms with Crippen LogP contribution in [0.25, 0.3) is 0 Å². The molecule has 0 aromatic rings. The topological polar surface area (TPSA) is 32.3 Å². The summed E-state index contributed by atoms with van der Waals surface area (Å²) in [6, 6.07) is 0.182. The molecule has 2 heteroatoms. The molecule has 0 amide bonds. The molecule has 1 aliphatic rings. The van der Waals surface area contributed by atoms with Crippen LogP contribution < -0.4 is 5.32 Å². The molecule has 0 fully saturated rings. The summed E-state index contributed by atoms with van der Waals surface area (Å²) in [5.74, 6) is 0. The fourth-order valence-electron chi connectivity index (χ4n) is 1.38. The molecule has 12 heavy (non-hydrogen) atoms. The van der Waals surface area contributed by atoms with Gasteiger partial charge in [0.25, 0.3) is 0 Å². The molecular weight excluding hydrogens is 150 g/mol. The molecule has 66 valence electrons. The molecule has 1 unspecified atom stereocenters. The lowest BCUT2D eigenvalue weighted by atomic mass is 9.96. The van der Waals surface area contributed by atoms with E-state index in [1.807, 2.05) is 12.2 Å². The van der Waals surface area contributed by atoms with Gasteiger partial charge in [0.15, 0.2) is 0 Å². The summed E-state index contributed by atoms with van der Waals surface area (Å²) in [6.45, 7) is 8.43. The summed E-state index contributed by atoms with van der Waals surface area (Å²) >= 11 is 0. The first-order valence-electron chi connectivity index (χ1n) is 4.13. The quantitative estimate of drug-likeness (QED) is 0.654. The average Bonchev–Trinajstić information content (AvgIpc) is 2.16. The van der Waals surface area contributed by atoms with Gasteiger partial charge in [0.1, 0.15) is 0 Å². The van der Waals surface area contributed by atoms with Crippen LogP contribution in [0, 0.1) is 0 Å². The molecule has 0 radical (unpaired) electrons. The number of aliphatic hydroxyl groups is 1. The Bertz CT molecular complexity index is 218. The van der Waals surface area contributed by atoms with Crippen LogP contribution in [0.4, 0.5) is 0 Å². The summed E-state index contributed by atoms with van der Waals surface area (Å²) in [5.41, 5.74) is 2.39. The van der Waals surface area contributed by atoms with E-state index in [-0.39, 0.29) is 12.6 Å². The maximum Gasteiger partial charge on any atom is 0.0587 e. The molecule has 0 spiro atoms.